The van der Waals surface area contributed by atoms with Crippen LogP contribution in [-0.4, -0.2) is 39.3 Å². The lowest BCUT2D eigenvalue weighted by atomic mass is 9.97. The SMILES string of the molecule is CCCC[C@@H](CCCCN(C)C)COC. The Morgan fingerprint density at radius 3 is 2.27 bits per heavy atom. The lowest BCUT2D eigenvalue weighted by molar-refractivity contribution is 0.140. The third-order valence-corrected chi connectivity index (χ3v) is 2.84. The van der Waals surface area contributed by atoms with Crippen LogP contribution in [0.15, 0.2) is 0 Å². The summed E-state index contributed by atoms with van der Waals surface area (Å²) < 4.78 is 5.27. The van der Waals surface area contributed by atoms with E-state index in [1.54, 1.807) is 0 Å². The molecule has 0 aliphatic carbocycles. The Morgan fingerprint density at radius 2 is 1.73 bits per heavy atom. The second kappa shape index (κ2) is 10.4. The van der Waals surface area contributed by atoms with Gasteiger partial charge in [-0.05, 0) is 45.8 Å². The quantitative estimate of drug-likeness (QED) is 0.519. The Labute approximate surface area is 96.0 Å². The van der Waals surface area contributed by atoms with Gasteiger partial charge in [0.1, 0.15) is 0 Å². The van der Waals surface area contributed by atoms with Gasteiger partial charge in [-0.25, -0.2) is 0 Å². The minimum atomic E-state index is 0.789. The first-order valence-electron chi connectivity index (χ1n) is 6.34. The molecule has 0 amide bonds. The van der Waals surface area contributed by atoms with Gasteiger partial charge in [0, 0.05) is 13.7 Å². The van der Waals surface area contributed by atoms with Crippen molar-refractivity contribution in [2.75, 3.05) is 34.4 Å². The summed E-state index contributed by atoms with van der Waals surface area (Å²) in [6.07, 6.45) is 7.99. The minimum absolute atomic E-state index is 0.789. The van der Waals surface area contributed by atoms with Gasteiger partial charge in [0.2, 0.25) is 0 Å². The summed E-state index contributed by atoms with van der Waals surface area (Å²) in [4.78, 5) is 2.26. The number of methoxy groups -OCH3 is 1. The first-order chi connectivity index (χ1) is 7.20. The second-order valence-corrected chi connectivity index (χ2v) is 4.76. The molecule has 0 saturated heterocycles. The van der Waals surface area contributed by atoms with E-state index >= 15 is 0 Å². The summed E-state index contributed by atoms with van der Waals surface area (Å²) in [6, 6.07) is 0. The molecule has 0 N–H and O–H groups in total. The molecule has 0 aromatic rings. The summed E-state index contributed by atoms with van der Waals surface area (Å²) >= 11 is 0. The van der Waals surface area contributed by atoms with Crippen LogP contribution in [0.4, 0.5) is 0 Å². The molecule has 1 atom stereocenters. The van der Waals surface area contributed by atoms with E-state index in [1.807, 2.05) is 7.11 Å². The number of nitrogens with zero attached hydrogens (tertiary/aromatic N) is 1. The van der Waals surface area contributed by atoms with E-state index in [4.69, 9.17) is 4.74 Å². The van der Waals surface area contributed by atoms with Crippen LogP contribution in [0.25, 0.3) is 0 Å². The molecule has 15 heavy (non-hydrogen) atoms. The van der Waals surface area contributed by atoms with E-state index in [0.29, 0.717) is 0 Å². The van der Waals surface area contributed by atoms with Crippen molar-refractivity contribution in [3.63, 3.8) is 0 Å². The van der Waals surface area contributed by atoms with Gasteiger partial charge in [-0.2, -0.15) is 0 Å². The van der Waals surface area contributed by atoms with Gasteiger partial charge < -0.3 is 9.64 Å². The summed E-state index contributed by atoms with van der Waals surface area (Å²) in [6.45, 7) is 4.42. The Kier molecular flexibility index (Phi) is 10.4. The molecule has 0 fully saturated rings. The highest BCUT2D eigenvalue weighted by atomic mass is 16.5. The van der Waals surface area contributed by atoms with Crippen molar-refractivity contribution in [1.82, 2.24) is 4.90 Å². The Bertz CT molecular complexity index is 126. The zero-order valence-corrected chi connectivity index (χ0v) is 11.1. The predicted molar refractivity (Wildman–Crippen MR) is 67.3 cm³/mol. The van der Waals surface area contributed by atoms with Gasteiger partial charge in [-0.3, -0.25) is 0 Å². The Balaban J connectivity index is 3.47. The second-order valence-electron chi connectivity index (χ2n) is 4.76. The van der Waals surface area contributed by atoms with Gasteiger partial charge in [-0.15, -0.1) is 0 Å². The van der Waals surface area contributed by atoms with Crippen LogP contribution in [0.3, 0.4) is 0 Å². The molecule has 0 spiro atoms. The van der Waals surface area contributed by atoms with Crippen LogP contribution in [0, 0.1) is 5.92 Å². The van der Waals surface area contributed by atoms with Crippen LogP contribution in [0.2, 0.25) is 0 Å². The maximum Gasteiger partial charge on any atom is 0.0490 e. The van der Waals surface area contributed by atoms with Crippen molar-refractivity contribution in [3.05, 3.63) is 0 Å². The summed E-state index contributed by atoms with van der Waals surface area (Å²) in [5.41, 5.74) is 0. The number of unbranched alkanes of at least 4 members (excludes halogenated alkanes) is 2. The van der Waals surface area contributed by atoms with Crippen molar-refractivity contribution < 1.29 is 4.74 Å². The summed E-state index contributed by atoms with van der Waals surface area (Å²) in [5.74, 6) is 0.789. The van der Waals surface area contributed by atoms with E-state index in [-0.39, 0.29) is 0 Å². The minimum Gasteiger partial charge on any atom is -0.384 e. The van der Waals surface area contributed by atoms with Crippen LogP contribution in [0.5, 0.6) is 0 Å². The molecule has 0 rings (SSSR count). The largest absolute Gasteiger partial charge is 0.384 e. The molecule has 0 bridgehead atoms. The van der Waals surface area contributed by atoms with Gasteiger partial charge in [0.25, 0.3) is 0 Å². The molecule has 2 heteroatoms. The Hall–Kier alpha value is -0.0800. The molecule has 92 valence electrons. The molecule has 0 aromatic heterocycles. The van der Waals surface area contributed by atoms with Crippen LogP contribution in [0.1, 0.15) is 45.4 Å². The third-order valence-electron chi connectivity index (χ3n) is 2.84. The molecule has 0 radical (unpaired) electrons. The average molecular weight is 215 g/mol. The van der Waals surface area contributed by atoms with Crippen molar-refractivity contribution in [2.24, 2.45) is 5.92 Å². The van der Waals surface area contributed by atoms with Crippen LogP contribution >= 0.6 is 0 Å². The Morgan fingerprint density at radius 1 is 1.07 bits per heavy atom. The van der Waals surface area contributed by atoms with Crippen molar-refractivity contribution in [1.29, 1.82) is 0 Å². The van der Waals surface area contributed by atoms with E-state index in [9.17, 15) is 0 Å². The number of hydrogen-bond donors (Lipinski definition) is 0. The molecule has 0 aliphatic heterocycles. The fourth-order valence-corrected chi connectivity index (χ4v) is 1.90. The fourth-order valence-electron chi connectivity index (χ4n) is 1.90. The van der Waals surface area contributed by atoms with Gasteiger partial charge in [-0.1, -0.05) is 26.2 Å². The molecule has 0 aromatic carbocycles. The lowest BCUT2D eigenvalue weighted by Crippen LogP contribution is -2.14. The first-order valence-corrected chi connectivity index (χ1v) is 6.34. The van der Waals surface area contributed by atoms with E-state index in [2.05, 4.69) is 25.9 Å². The fraction of sp³-hybridized carbons (Fsp3) is 1.00. The third kappa shape index (κ3) is 10.2. The highest BCUT2D eigenvalue weighted by Crippen LogP contribution is 2.16. The maximum atomic E-state index is 5.27. The van der Waals surface area contributed by atoms with Crippen molar-refractivity contribution in [3.8, 4) is 0 Å². The molecule has 0 heterocycles. The van der Waals surface area contributed by atoms with E-state index in [1.165, 1.54) is 45.1 Å². The number of rotatable bonds is 10. The molecule has 0 aliphatic rings. The highest BCUT2D eigenvalue weighted by molar-refractivity contribution is 4.59. The normalized spacial score (nSPS) is 13.4. The zero-order valence-electron chi connectivity index (χ0n) is 11.1. The number of ether oxygens (including phenoxy) is 1. The monoisotopic (exact) mass is 215 g/mol. The average Bonchev–Trinajstić information content (AvgIpc) is 2.20. The first kappa shape index (κ1) is 14.9. The molecule has 0 saturated carbocycles. The molecule has 2 nitrogen and oxygen atoms in total. The van der Waals surface area contributed by atoms with E-state index < -0.39 is 0 Å². The van der Waals surface area contributed by atoms with Gasteiger partial charge >= 0.3 is 0 Å². The lowest BCUT2D eigenvalue weighted by Gasteiger charge is -2.16. The maximum absolute atomic E-state index is 5.27. The van der Waals surface area contributed by atoms with Gasteiger partial charge in [0.15, 0.2) is 0 Å². The predicted octanol–water partition coefficient (Wildman–Crippen LogP) is 3.17. The van der Waals surface area contributed by atoms with Gasteiger partial charge in [0.05, 0.1) is 0 Å². The standard InChI is InChI=1S/C13H29NO/c1-5-6-9-13(12-15-4)10-7-8-11-14(2)3/h13H,5-12H2,1-4H3/t13-/m0/s1. The molecular formula is C13H29NO. The zero-order chi connectivity index (χ0) is 11.5. The van der Waals surface area contributed by atoms with Crippen LogP contribution < -0.4 is 0 Å². The number of hydrogen-bond acceptors (Lipinski definition) is 2. The summed E-state index contributed by atoms with van der Waals surface area (Å²) in [5, 5.41) is 0. The van der Waals surface area contributed by atoms with Crippen LogP contribution in [-0.2, 0) is 4.74 Å². The highest BCUT2D eigenvalue weighted by Gasteiger charge is 2.07. The van der Waals surface area contributed by atoms with E-state index in [0.717, 1.165) is 12.5 Å². The smallest absolute Gasteiger partial charge is 0.0490 e. The molecule has 0 unspecified atom stereocenters. The topological polar surface area (TPSA) is 12.5 Å². The summed E-state index contributed by atoms with van der Waals surface area (Å²) in [7, 11) is 6.10. The van der Waals surface area contributed by atoms with Crippen molar-refractivity contribution in [2.45, 2.75) is 45.4 Å². The molecular weight excluding hydrogens is 186 g/mol. The van der Waals surface area contributed by atoms with Crippen molar-refractivity contribution >= 4 is 0 Å².